The number of hydrogen-bond acceptors (Lipinski definition) is 5. The highest BCUT2D eigenvalue weighted by atomic mass is 31.2. The molecule has 0 bridgehead atoms. The summed E-state index contributed by atoms with van der Waals surface area (Å²) >= 11 is 0. The van der Waals surface area contributed by atoms with E-state index in [1.807, 2.05) is 27.2 Å². The van der Waals surface area contributed by atoms with E-state index in [-0.39, 0.29) is 19.1 Å². The predicted molar refractivity (Wildman–Crippen MR) is 374 cm³/mol. The molecule has 1 amide bonds. The van der Waals surface area contributed by atoms with E-state index < -0.39 is 20.0 Å². The summed E-state index contributed by atoms with van der Waals surface area (Å²) in [5.74, 6) is -0.170. The lowest BCUT2D eigenvalue weighted by Gasteiger charge is -2.25. The summed E-state index contributed by atoms with van der Waals surface area (Å²) in [4.78, 5) is 23.5. The maximum atomic E-state index is 13.1. The number of likely N-dealkylation sites (N-methyl/N-ethyl adjacent to an activating group) is 1. The van der Waals surface area contributed by atoms with Crippen molar-refractivity contribution in [3.05, 3.63) is 48.6 Å². The van der Waals surface area contributed by atoms with E-state index in [0.717, 1.165) is 44.9 Å². The van der Waals surface area contributed by atoms with Gasteiger partial charge in [-0.25, -0.2) is 4.57 Å². The maximum absolute atomic E-state index is 13.1. The highest BCUT2D eigenvalue weighted by Gasteiger charge is 2.28. The van der Waals surface area contributed by atoms with Crippen LogP contribution in [-0.2, 0) is 18.4 Å². The van der Waals surface area contributed by atoms with Gasteiger partial charge in [-0.3, -0.25) is 13.8 Å². The van der Waals surface area contributed by atoms with Crippen molar-refractivity contribution in [1.82, 2.24) is 5.32 Å². The Balaban J connectivity index is 4.00. The van der Waals surface area contributed by atoms with E-state index in [2.05, 4.69) is 55.6 Å². The van der Waals surface area contributed by atoms with Gasteiger partial charge in [0.25, 0.3) is 0 Å². The van der Waals surface area contributed by atoms with Gasteiger partial charge in [-0.1, -0.05) is 364 Å². The Bertz CT molecular complexity index is 1530. The molecule has 3 N–H and O–H groups in total. The summed E-state index contributed by atoms with van der Waals surface area (Å²) in [6.07, 6.45) is 91.3. The number of unbranched alkanes of at least 4 members (excludes halogenated alkanes) is 51. The third-order valence-electron chi connectivity index (χ3n) is 17.3. The van der Waals surface area contributed by atoms with Crippen LogP contribution in [0, 0.1) is 0 Å². The second kappa shape index (κ2) is 66.9. The molecule has 3 unspecified atom stereocenters. The standard InChI is InChI=1S/C76H147N2O6P/c1-6-8-10-12-14-16-18-20-22-24-26-28-30-32-34-36-37-38-39-40-41-42-44-46-48-50-52-54-56-58-60-62-64-66-68-70-76(80)77-74(73-84-85(81,82)83-72-71-78(3,4)5)75(79)69-67-65-63-61-59-57-55-53-51-49-47-45-43-35-33-31-29-27-25-23-21-19-17-15-13-11-9-7-2/h18,20,24,26,30,32,67,69,74-75,79H,6-17,19,21-23,25,27-29,31,33-66,68,70-73H2,1-5H3,(H-,77,80,81,82)/p+1/b20-18-,26-24-,32-30-,69-67+. The molecule has 0 heterocycles. The minimum atomic E-state index is -4.36. The summed E-state index contributed by atoms with van der Waals surface area (Å²) in [5.41, 5.74) is 0. The monoisotopic (exact) mass is 1220 g/mol. The van der Waals surface area contributed by atoms with Crippen LogP contribution in [-0.4, -0.2) is 73.4 Å². The van der Waals surface area contributed by atoms with Gasteiger partial charge >= 0.3 is 7.82 Å². The fourth-order valence-corrected chi connectivity index (χ4v) is 12.2. The Hall–Kier alpha value is -1.54. The van der Waals surface area contributed by atoms with E-state index >= 15 is 0 Å². The number of allylic oxidation sites excluding steroid dienone is 7. The molecule has 0 aliphatic heterocycles. The number of aliphatic hydroxyl groups is 1. The Kier molecular flexibility index (Phi) is 65.7. The lowest BCUT2D eigenvalue weighted by Crippen LogP contribution is -2.45. The number of phosphoric ester groups is 1. The van der Waals surface area contributed by atoms with Crippen LogP contribution in [0.15, 0.2) is 48.6 Å². The molecule has 0 spiro atoms. The number of hydrogen-bond donors (Lipinski definition) is 3. The van der Waals surface area contributed by atoms with Crippen molar-refractivity contribution in [2.45, 2.75) is 392 Å². The first-order chi connectivity index (χ1) is 41.5. The number of carbonyl (C=O) groups excluding carboxylic acids is 1. The Morgan fingerprint density at radius 3 is 0.976 bits per heavy atom. The minimum absolute atomic E-state index is 0.0631. The van der Waals surface area contributed by atoms with Gasteiger partial charge in [-0.05, 0) is 57.8 Å². The van der Waals surface area contributed by atoms with Crippen LogP contribution in [0.25, 0.3) is 0 Å². The molecular formula is C76H148N2O6P+. The van der Waals surface area contributed by atoms with Crippen molar-refractivity contribution >= 4 is 13.7 Å². The lowest BCUT2D eigenvalue weighted by molar-refractivity contribution is -0.870. The first-order valence-electron chi connectivity index (χ1n) is 37.5. The summed E-state index contributed by atoms with van der Waals surface area (Å²) < 4.78 is 23.9. The number of quaternary nitrogens is 1. The first kappa shape index (κ1) is 83.5. The van der Waals surface area contributed by atoms with Gasteiger partial charge in [0.15, 0.2) is 0 Å². The zero-order chi connectivity index (χ0) is 61.9. The van der Waals surface area contributed by atoms with Crippen molar-refractivity contribution in [3.8, 4) is 0 Å². The molecule has 0 aliphatic carbocycles. The largest absolute Gasteiger partial charge is 0.472 e. The van der Waals surface area contributed by atoms with Gasteiger partial charge in [0.05, 0.1) is 39.9 Å². The molecule has 0 fully saturated rings. The van der Waals surface area contributed by atoms with Crippen LogP contribution in [0.1, 0.15) is 380 Å². The third-order valence-corrected chi connectivity index (χ3v) is 18.3. The van der Waals surface area contributed by atoms with Crippen molar-refractivity contribution < 1.29 is 32.9 Å². The van der Waals surface area contributed by atoms with E-state index in [1.165, 1.54) is 315 Å². The van der Waals surface area contributed by atoms with Gasteiger partial charge < -0.3 is 19.8 Å². The molecule has 0 aliphatic rings. The quantitative estimate of drug-likeness (QED) is 0.0243. The molecule has 8 nitrogen and oxygen atoms in total. The molecule has 0 rings (SSSR count). The van der Waals surface area contributed by atoms with E-state index in [0.29, 0.717) is 17.4 Å². The summed E-state index contributed by atoms with van der Waals surface area (Å²) in [6.45, 7) is 4.86. The molecule has 9 heteroatoms. The molecule has 0 aromatic heterocycles. The maximum Gasteiger partial charge on any atom is 0.472 e. The van der Waals surface area contributed by atoms with Gasteiger partial charge in [0.2, 0.25) is 5.91 Å². The average molecular weight is 1220 g/mol. The normalized spacial score (nSPS) is 13.8. The molecule has 0 radical (unpaired) electrons. The Labute approximate surface area is 530 Å². The molecule has 0 saturated heterocycles. The number of carbonyl (C=O) groups is 1. The molecule has 85 heavy (non-hydrogen) atoms. The number of aliphatic hydroxyl groups excluding tert-OH is 1. The van der Waals surface area contributed by atoms with Crippen LogP contribution >= 0.6 is 7.82 Å². The molecule has 0 aromatic carbocycles. The second-order valence-corrected chi connectivity index (χ2v) is 28.5. The van der Waals surface area contributed by atoms with Crippen molar-refractivity contribution in [3.63, 3.8) is 0 Å². The smallest absolute Gasteiger partial charge is 0.387 e. The van der Waals surface area contributed by atoms with Crippen LogP contribution in [0.5, 0.6) is 0 Å². The number of nitrogens with one attached hydrogen (secondary N) is 1. The Morgan fingerprint density at radius 1 is 0.400 bits per heavy atom. The number of rotatable bonds is 70. The van der Waals surface area contributed by atoms with E-state index in [4.69, 9.17) is 9.05 Å². The SMILES string of the molecule is CCCCCCC/C=C\C/C=C\C/C=C\CCCCCCCCCCCCCCCCCCCCCCC(=O)NC(COP(=O)(O)OCC[N+](C)(C)C)C(O)/C=C/CCCCCCCCCCCCCCCCCCCCCCCCCCCC. The van der Waals surface area contributed by atoms with E-state index in [9.17, 15) is 19.4 Å². The molecule has 3 atom stereocenters. The third kappa shape index (κ3) is 69.8. The zero-order valence-electron chi connectivity index (χ0n) is 57.6. The van der Waals surface area contributed by atoms with Crippen LogP contribution in [0.3, 0.4) is 0 Å². The topological polar surface area (TPSA) is 105 Å². The first-order valence-corrected chi connectivity index (χ1v) is 39.0. The lowest BCUT2D eigenvalue weighted by atomic mass is 10.0. The molecule has 0 saturated carbocycles. The minimum Gasteiger partial charge on any atom is -0.387 e. The number of nitrogens with zero attached hydrogens (tertiary/aromatic N) is 1. The highest BCUT2D eigenvalue weighted by Crippen LogP contribution is 2.43. The second-order valence-electron chi connectivity index (χ2n) is 27.0. The van der Waals surface area contributed by atoms with Crippen LogP contribution in [0.4, 0.5) is 0 Å². The summed E-state index contributed by atoms with van der Waals surface area (Å²) in [5, 5.41) is 14.0. The average Bonchev–Trinajstić information content (AvgIpc) is 3.48. The fourth-order valence-electron chi connectivity index (χ4n) is 11.5. The summed E-state index contributed by atoms with van der Waals surface area (Å²) in [7, 11) is 1.59. The number of phosphoric acid groups is 1. The van der Waals surface area contributed by atoms with E-state index in [1.54, 1.807) is 6.08 Å². The van der Waals surface area contributed by atoms with Gasteiger partial charge in [-0.15, -0.1) is 0 Å². The van der Waals surface area contributed by atoms with Gasteiger partial charge in [0, 0.05) is 6.42 Å². The van der Waals surface area contributed by atoms with Gasteiger partial charge in [-0.2, -0.15) is 0 Å². The highest BCUT2D eigenvalue weighted by molar-refractivity contribution is 7.47. The molecule has 502 valence electrons. The zero-order valence-corrected chi connectivity index (χ0v) is 58.5. The van der Waals surface area contributed by atoms with Crippen molar-refractivity contribution in [2.24, 2.45) is 0 Å². The van der Waals surface area contributed by atoms with Crippen molar-refractivity contribution in [1.29, 1.82) is 0 Å². The predicted octanol–water partition coefficient (Wildman–Crippen LogP) is 24.2. The molecular weight excluding hydrogens is 1070 g/mol. The summed E-state index contributed by atoms with van der Waals surface area (Å²) in [6, 6.07) is -0.848. The fraction of sp³-hybridized carbons (Fsp3) is 0.882. The van der Waals surface area contributed by atoms with Crippen LogP contribution < -0.4 is 5.32 Å². The van der Waals surface area contributed by atoms with Crippen LogP contribution in [0.2, 0.25) is 0 Å². The van der Waals surface area contributed by atoms with Gasteiger partial charge in [0.1, 0.15) is 13.2 Å². The number of amides is 1. The molecule has 0 aromatic rings. The Morgan fingerprint density at radius 2 is 0.671 bits per heavy atom. The van der Waals surface area contributed by atoms with Crippen molar-refractivity contribution in [2.75, 3.05) is 40.9 Å².